The van der Waals surface area contributed by atoms with E-state index in [0.717, 1.165) is 10.5 Å². The van der Waals surface area contributed by atoms with Crippen LogP contribution in [0.2, 0.25) is 0 Å². The average molecular weight is 344 g/mol. The van der Waals surface area contributed by atoms with Gasteiger partial charge in [-0.05, 0) is 5.56 Å². The van der Waals surface area contributed by atoms with Crippen LogP contribution in [0.15, 0.2) is 36.4 Å². The molecule has 0 aliphatic carbocycles. The molecule has 2 unspecified atom stereocenters. The molecular formula is C16H16ClF2NOS. The Morgan fingerprint density at radius 2 is 1.86 bits per heavy atom. The Hall–Kier alpha value is -1.07. The highest BCUT2D eigenvalue weighted by atomic mass is 35.5. The molecule has 2 heterocycles. The molecule has 1 saturated heterocycles. The number of rotatable bonds is 2. The Bertz CT molecular complexity index is 583. The van der Waals surface area contributed by atoms with E-state index in [1.807, 2.05) is 36.4 Å². The summed E-state index contributed by atoms with van der Waals surface area (Å²) in [5.74, 6) is -3.24. The third-order valence-corrected chi connectivity index (χ3v) is 5.69. The number of nitrogens with zero attached hydrogens (tertiary/aromatic N) is 1. The van der Waals surface area contributed by atoms with E-state index in [0.29, 0.717) is 0 Å². The van der Waals surface area contributed by atoms with Crippen LogP contribution in [0.1, 0.15) is 18.4 Å². The highest BCUT2D eigenvalue weighted by molar-refractivity contribution is 8.10. The van der Waals surface area contributed by atoms with Crippen LogP contribution in [-0.2, 0) is 4.79 Å². The summed E-state index contributed by atoms with van der Waals surface area (Å²) in [6.45, 7) is 0.205. The van der Waals surface area contributed by atoms with E-state index in [-0.39, 0.29) is 36.5 Å². The second-order valence-corrected chi connectivity index (χ2v) is 7.49. The second kappa shape index (κ2) is 6.20. The number of carbonyl (C=O) groups is 1. The van der Waals surface area contributed by atoms with Crippen molar-refractivity contribution in [3.63, 3.8) is 0 Å². The number of amides is 1. The van der Waals surface area contributed by atoms with Gasteiger partial charge in [-0.3, -0.25) is 4.79 Å². The van der Waals surface area contributed by atoms with Crippen LogP contribution in [0.4, 0.5) is 8.78 Å². The number of hydrogen-bond acceptors (Lipinski definition) is 2. The predicted octanol–water partition coefficient (Wildman–Crippen LogP) is 4.21. The molecule has 0 radical (unpaired) electrons. The molecular weight excluding hydrogens is 328 g/mol. The number of alkyl halides is 3. The van der Waals surface area contributed by atoms with Gasteiger partial charge in [0, 0.05) is 30.8 Å². The fourth-order valence-corrected chi connectivity index (χ4v) is 4.24. The van der Waals surface area contributed by atoms with Crippen molar-refractivity contribution in [3.8, 4) is 0 Å². The number of carbonyl (C=O) groups excluding carboxylic acids is 1. The lowest BCUT2D eigenvalue weighted by Gasteiger charge is -2.33. The Labute approximate surface area is 137 Å². The van der Waals surface area contributed by atoms with Gasteiger partial charge in [-0.25, -0.2) is 8.78 Å². The van der Waals surface area contributed by atoms with Gasteiger partial charge in [0.25, 0.3) is 5.92 Å². The summed E-state index contributed by atoms with van der Waals surface area (Å²) in [5.41, 5.74) is 1.03. The van der Waals surface area contributed by atoms with E-state index < -0.39 is 11.8 Å². The summed E-state index contributed by atoms with van der Waals surface area (Å²) in [7, 11) is 0. The van der Waals surface area contributed by atoms with Crippen molar-refractivity contribution in [2.24, 2.45) is 5.92 Å². The first-order valence-corrected chi connectivity index (χ1v) is 8.52. The molecule has 118 valence electrons. The van der Waals surface area contributed by atoms with Gasteiger partial charge >= 0.3 is 0 Å². The maximum atomic E-state index is 13.2. The average Bonchev–Trinajstić information content (AvgIpc) is 2.89. The Morgan fingerprint density at radius 1 is 1.23 bits per heavy atom. The first kappa shape index (κ1) is 15.8. The third kappa shape index (κ3) is 3.30. The molecule has 1 aromatic rings. The SMILES string of the molecule is O=C(C1C=C(c2ccccc2)SC1Cl)N1CCC(F)(F)CC1. The highest BCUT2D eigenvalue weighted by Crippen LogP contribution is 2.45. The Morgan fingerprint density at radius 3 is 2.50 bits per heavy atom. The van der Waals surface area contributed by atoms with Crippen molar-refractivity contribution in [3.05, 3.63) is 42.0 Å². The number of likely N-dealkylation sites (tertiary alicyclic amines) is 1. The standard InChI is InChI=1S/C16H16ClF2NOS/c17-14-12(10-13(22-14)11-4-2-1-3-5-11)15(21)20-8-6-16(18,19)7-9-20/h1-5,10,12,14H,6-9H2. The van der Waals surface area contributed by atoms with Crippen molar-refractivity contribution in [2.75, 3.05) is 13.1 Å². The summed E-state index contributed by atoms with van der Waals surface area (Å²) in [5, 5.41) is 0. The number of thioether (sulfide) groups is 1. The lowest BCUT2D eigenvalue weighted by atomic mass is 10.0. The van der Waals surface area contributed by atoms with E-state index in [4.69, 9.17) is 11.6 Å². The van der Waals surface area contributed by atoms with E-state index >= 15 is 0 Å². The van der Waals surface area contributed by atoms with Gasteiger partial charge in [-0.2, -0.15) is 0 Å². The van der Waals surface area contributed by atoms with E-state index in [1.165, 1.54) is 16.7 Å². The number of piperidine rings is 1. The zero-order valence-electron chi connectivity index (χ0n) is 11.8. The van der Waals surface area contributed by atoms with Crippen LogP contribution >= 0.6 is 23.4 Å². The molecule has 3 rings (SSSR count). The summed E-state index contributed by atoms with van der Waals surface area (Å²) in [6, 6.07) is 9.73. The van der Waals surface area contributed by atoms with Gasteiger partial charge in [-0.1, -0.05) is 36.4 Å². The van der Waals surface area contributed by atoms with Crippen LogP contribution < -0.4 is 0 Å². The van der Waals surface area contributed by atoms with Crippen molar-refractivity contribution < 1.29 is 13.6 Å². The Kier molecular flexibility index (Phi) is 4.46. The van der Waals surface area contributed by atoms with Crippen molar-refractivity contribution in [1.29, 1.82) is 0 Å². The number of halogens is 3. The first-order chi connectivity index (χ1) is 10.5. The molecule has 1 amide bonds. The van der Waals surface area contributed by atoms with Crippen LogP contribution in [0.5, 0.6) is 0 Å². The van der Waals surface area contributed by atoms with Gasteiger partial charge in [0.1, 0.15) is 0 Å². The lowest BCUT2D eigenvalue weighted by Crippen LogP contribution is -2.45. The minimum absolute atomic E-state index is 0.102. The largest absolute Gasteiger partial charge is 0.342 e. The van der Waals surface area contributed by atoms with Crippen LogP contribution in [0.3, 0.4) is 0 Å². The molecule has 6 heteroatoms. The minimum Gasteiger partial charge on any atom is -0.342 e. The quantitative estimate of drug-likeness (QED) is 0.750. The molecule has 0 spiro atoms. The van der Waals surface area contributed by atoms with Gasteiger partial charge in [0.2, 0.25) is 5.91 Å². The molecule has 0 N–H and O–H groups in total. The van der Waals surface area contributed by atoms with Crippen molar-refractivity contribution >= 4 is 34.2 Å². The van der Waals surface area contributed by atoms with E-state index in [2.05, 4.69) is 0 Å². The molecule has 2 aliphatic rings. The van der Waals surface area contributed by atoms with Crippen LogP contribution in [-0.4, -0.2) is 34.5 Å². The van der Waals surface area contributed by atoms with Gasteiger partial charge in [0.05, 0.1) is 10.6 Å². The first-order valence-electron chi connectivity index (χ1n) is 7.21. The zero-order valence-corrected chi connectivity index (χ0v) is 13.4. The lowest BCUT2D eigenvalue weighted by molar-refractivity contribution is -0.139. The van der Waals surface area contributed by atoms with Gasteiger partial charge in [-0.15, -0.1) is 23.4 Å². The highest BCUT2D eigenvalue weighted by Gasteiger charge is 2.40. The summed E-state index contributed by atoms with van der Waals surface area (Å²) >= 11 is 7.76. The second-order valence-electron chi connectivity index (χ2n) is 5.57. The Balaban J connectivity index is 1.72. The molecule has 22 heavy (non-hydrogen) atoms. The monoisotopic (exact) mass is 343 g/mol. The topological polar surface area (TPSA) is 20.3 Å². The van der Waals surface area contributed by atoms with E-state index in [1.54, 1.807) is 0 Å². The summed E-state index contributed by atoms with van der Waals surface area (Å²) in [6.07, 6.45) is 1.34. The fourth-order valence-electron chi connectivity index (χ4n) is 2.69. The molecule has 1 aromatic carbocycles. The van der Waals surface area contributed by atoms with E-state index in [9.17, 15) is 13.6 Å². The molecule has 1 fully saturated rings. The van der Waals surface area contributed by atoms with Crippen LogP contribution in [0, 0.1) is 5.92 Å². The molecule has 0 saturated carbocycles. The fraction of sp³-hybridized carbons (Fsp3) is 0.438. The van der Waals surface area contributed by atoms with Crippen LogP contribution in [0.25, 0.3) is 4.91 Å². The molecule has 2 aliphatic heterocycles. The summed E-state index contributed by atoms with van der Waals surface area (Å²) < 4.78 is 26.0. The maximum absolute atomic E-state index is 13.2. The normalized spacial score (nSPS) is 27.6. The van der Waals surface area contributed by atoms with Crippen molar-refractivity contribution in [1.82, 2.24) is 4.90 Å². The van der Waals surface area contributed by atoms with Crippen molar-refractivity contribution in [2.45, 2.75) is 23.5 Å². The van der Waals surface area contributed by atoms with Gasteiger partial charge < -0.3 is 4.90 Å². The zero-order chi connectivity index (χ0) is 15.7. The predicted molar refractivity (Wildman–Crippen MR) is 85.9 cm³/mol. The third-order valence-electron chi connectivity index (χ3n) is 4.00. The molecule has 0 bridgehead atoms. The number of benzene rings is 1. The molecule has 2 nitrogen and oxygen atoms in total. The minimum atomic E-state index is -2.65. The smallest absolute Gasteiger partial charge is 0.251 e. The number of hydrogen-bond donors (Lipinski definition) is 0. The van der Waals surface area contributed by atoms with Gasteiger partial charge in [0.15, 0.2) is 0 Å². The molecule has 0 aromatic heterocycles. The summed E-state index contributed by atoms with van der Waals surface area (Å²) in [4.78, 5) is 15.0. The maximum Gasteiger partial charge on any atom is 0.251 e. The molecule has 2 atom stereocenters.